The smallest absolute Gasteiger partial charge is 0.251 e. The SMILES string of the molecule is O=C(NCC(c1cccnc1)N1CCN(Cc2ccccc2)CC1)c1ccc(S(=O)(=O)N2CCCCC2)cc1. The molecule has 8 nitrogen and oxygen atoms in total. The number of carbonyl (C=O) groups excluding carboxylic acids is 1. The molecule has 2 aromatic carbocycles. The molecule has 3 heterocycles. The first kappa shape index (κ1) is 27.5. The lowest BCUT2D eigenvalue weighted by Crippen LogP contribution is -2.49. The Labute approximate surface area is 231 Å². The van der Waals surface area contributed by atoms with Crippen molar-refractivity contribution < 1.29 is 13.2 Å². The summed E-state index contributed by atoms with van der Waals surface area (Å²) in [5, 5.41) is 3.09. The van der Waals surface area contributed by atoms with Gasteiger partial charge in [0.05, 0.1) is 10.9 Å². The number of rotatable bonds is 9. The fraction of sp³-hybridized carbons (Fsp3) is 0.400. The van der Waals surface area contributed by atoms with E-state index in [0.29, 0.717) is 25.2 Å². The molecule has 2 aliphatic rings. The predicted molar refractivity (Wildman–Crippen MR) is 152 cm³/mol. The zero-order chi connectivity index (χ0) is 27.1. The Balaban J connectivity index is 1.21. The lowest BCUT2D eigenvalue weighted by Gasteiger charge is -2.39. The predicted octanol–water partition coefficient (Wildman–Crippen LogP) is 3.55. The van der Waals surface area contributed by atoms with Crippen LogP contribution in [0.4, 0.5) is 0 Å². The van der Waals surface area contributed by atoms with Gasteiger partial charge in [-0.25, -0.2) is 8.42 Å². The Kier molecular flexibility index (Phi) is 9.03. The Bertz CT molecular complexity index is 1310. The Morgan fingerprint density at radius 2 is 1.56 bits per heavy atom. The first-order valence-corrected chi connectivity index (χ1v) is 15.2. The molecular weight excluding hydrogens is 510 g/mol. The molecule has 39 heavy (non-hydrogen) atoms. The summed E-state index contributed by atoms with van der Waals surface area (Å²) in [5.74, 6) is -0.214. The normalized spacial score (nSPS) is 18.5. The number of piperazine rings is 1. The lowest BCUT2D eigenvalue weighted by molar-refractivity contribution is 0.0821. The highest BCUT2D eigenvalue weighted by Crippen LogP contribution is 2.23. The maximum absolute atomic E-state index is 13.1. The quantitative estimate of drug-likeness (QED) is 0.441. The van der Waals surface area contributed by atoms with E-state index in [1.807, 2.05) is 18.3 Å². The van der Waals surface area contributed by atoms with Crippen LogP contribution >= 0.6 is 0 Å². The van der Waals surface area contributed by atoms with Crippen molar-refractivity contribution in [3.8, 4) is 0 Å². The third-order valence-corrected chi connectivity index (χ3v) is 9.60. The molecule has 0 bridgehead atoms. The van der Waals surface area contributed by atoms with E-state index < -0.39 is 10.0 Å². The molecule has 206 valence electrons. The minimum absolute atomic E-state index is 0.000257. The lowest BCUT2D eigenvalue weighted by atomic mass is 10.1. The van der Waals surface area contributed by atoms with Crippen LogP contribution in [-0.2, 0) is 16.6 Å². The second kappa shape index (κ2) is 12.8. The fourth-order valence-electron chi connectivity index (χ4n) is 5.43. The molecule has 1 atom stereocenters. The second-order valence-corrected chi connectivity index (χ2v) is 12.2. The molecule has 0 radical (unpaired) electrons. The Morgan fingerprint density at radius 1 is 0.846 bits per heavy atom. The highest BCUT2D eigenvalue weighted by atomic mass is 32.2. The summed E-state index contributed by atoms with van der Waals surface area (Å²) in [6.07, 6.45) is 6.47. The van der Waals surface area contributed by atoms with Crippen molar-refractivity contribution in [3.05, 3.63) is 95.8 Å². The molecule has 1 aromatic heterocycles. The van der Waals surface area contributed by atoms with Crippen LogP contribution in [0.1, 0.15) is 46.8 Å². The summed E-state index contributed by atoms with van der Waals surface area (Å²) in [6.45, 7) is 6.18. The zero-order valence-corrected chi connectivity index (χ0v) is 23.1. The van der Waals surface area contributed by atoms with Crippen molar-refractivity contribution in [1.82, 2.24) is 24.4 Å². The number of benzene rings is 2. The van der Waals surface area contributed by atoms with Crippen molar-refractivity contribution in [2.45, 2.75) is 36.7 Å². The standard InChI is InChI=1S/C30H37N5O3S/c36-30(26-11-13-28(14-12-26)39(37,38)35-16-5-2-6-17-35)32-23-29(27-10-7-15-31-22-27)34-20-18-33(19-21-34)24-25-8-3-1-4-9-25/h1,3-4,7-15,22,29H,2,5-6,16-21,23-24H2,(H,32,36). The van der Waals surface area contributed by atoms with Crippen molar-refractivity contribution in [2.75, 3.05) is 45.8 Å². The summed E-state index contributed by atoms with van der Waals surface area (Å²) in [6, 6.07) is 20.8. The highest BCUT2D eigenvalue weighted by molar-refractivity contribution is 7.89. The van der Waals surface area contributed by atoms with Gasteiger partial charge in [0.15, 0.2) is 0 Å². The van der Waals surface area contributed by atoms with E-state index in [9.17, 15) is 13.2 Å². The van der Waals surface area contributed by atoms with Gasteiger partial charge in [0.2, 0.25) is 10.0 Å². The third-order valence-electron chi connectivity index (χ3n) is 7.69. The Hall–Kier alpha value is -3.11. The van der Waals surface area contributed by atoms with Crippen LogP contribution in [0.25, 0.3) is 0 Å². The van der Waals surface area contributed by atoms with Gasteiger partial charge >= 0.3 is 0 Å². The number of hydrogen-bond acceptors (Lipinski definition) is 6. The maximum Gasteiger partial charge on any atom is 0.251 e. The van der Waals surface area contributed by atoms with Crippen LogP contribution in [0.2, 0.25) is 0 Å². The van der Waals surface area contributed by atoms with Crippen molar-refractivity contribution in [1.29, 1.82) is 0 Å². The molecule has 0 aliphatic carbocycles. The van der Waals surface area contributed by atoms with Gasteiger partial charge < -0.3 is 5.32 Å². The average molecular weight is 548 g/mol. The van der Waals surface area contributed by atoms with Gasteiger partial charge in [-0.3, -0.25) is 19.6 Å². The van der Waals surface area contributed by atoms with Crippen LogP contribution in [0.3, 0.4) is 0 Å². The molecule has 0 saturated carbocycles. The van der Waals surface area contributed by atoms with E-state index in [4.69, 9.17) is 0 Å². The van der Waals surface area contributed by atoms with E-state index in [-0.39, 0.29) is 16.8 Å². The third kappa shape index (κ3) is 6.91. The molecule has 1 unspecified atom stereocenters. The number of nitrogens with zero attached hydrogens (tertiary/aromatic N) is 4. The molecule has 2 aliphatic heterocycles. The topological polar surface area (TPSA) is 85.9 Å². The number of carbonyl (C=O) groups is 1. The van der Waals surface area contributed by atoms with E-state index in [0.717, 1.165) is 57.5 Å². The van der Waals surface area contributed by atoms with Gasteiger partial charge in [0.25, 0.3) is 5.91 Å². The minimum Gasteiger partial charge on any atom is -0.350 e. The number of amides is 1. The molecule has 2 fully saturated rings. The second-order valence-electron chi connectivity index (χ2n) is 10.3. The molecule has 1 N–H and O–H groups in total. The first-order chi connectivity index (χ1) is 19.0. The maximum atomic E-state index is 13.1. The van der Waals surface area contributed by atoms with Crippen LogP contribution < -0.4 is 5.32 Å². The number of nitrogens with one attached hydrogen (secondary N) is 1. The van der Waals surface area contributed by atoms with Crippen molar-refractivity contribution >= 4 is 15.9 Å². The highest BCUT2D eigenvalue weighted by Gasteiger charge is 2.27. The van der Waals surface area contributed by atoms with E-state index >= 15 is 0 Å². The van der Waals surface area contributed by atoms with Crippen molar-refractivity contribution in [2.24, 2.45) is 0 Å². The monoisotopic (exact) mass is 547 g/mol. The number of pyridine rings is 1. The number of hydrogen-bond donors (Lipinski definition) is 1. The van der Waals surface area contributed by atoms with Gasteiger partial charge in [0, 0.05) is 70.3 Å². The number of piperidine rings is 1. The number of sulfonamides is 1. The van der Waals surface area contributed by atoms with Gasteiger partial charge in [-0.2, -0.15) is 4.31 Å². The average Bonchev–Trinajstić information content (AvgIpc) is 2.99. The van der Waals surface area contributed by atoms with Crippen LogP contribution in [0, 0.1) is 0 Å². The van der Waals surface area contributed by atoms with Gasteiger partial charge in [-0.1, -0.05) is 42.8 Å². The zero-order valence-electron chi connectivity index (χ0n) is 22.3. The summed E-state index contributed by atoms with van der Waals surface area (Å²) in [4.78, 5) is 22.5. The first-order valence-electron chi connectivity index (χ1n) is 13.8. The van der Waals surface area contributed by atoms with Crippen LogP contribution in [-0.4, -0.2) is 79.2 Å². The molecular formula is C30H37N5O3S. The summed E-state index contributed by atoms with van der Waals surface area (Å²) < 4.78 is 27.4. The summed E-state index contributed by atoms with van der Waals surface area (Å²) in [5.41, 5.74) is 2.83. The largest absolute Gasteiger partial charge is 0.350 e. The molecule has 3 aromatic rings. The van der Waals surface area contributed by atoms with E-state index in [1.165, 1.54) is 5.56 Å². The van der Waals surface area contributed by atoms with Gasteiger partial charge in [-0.05, 0) is 54.3 Å². The molecule has 2 saturated heterocycles. The molecule has 1 amide bonds. The molecule has 5 rings (SSSR count). The van der Waals surface area contributed by atoms with E-state index in [1.54, 1.807) is 34.8 Å². The minimum atomic E-state index is -3.52. The van der Waals surface area contributed by atoms with Crippen LogP contribution in [0.15, 0.2) is 84.0 Å². The van der Waals surface area contributed by atoms with E-state index in [2.05, 4.69) is 50.4 Å². The van der Waals surface area contributed by atoms with Gasteiger partial charge in [-0.15, -0.1) is 0 Å². The molecule has 9 heteroatoms. The molecule has 0 spiro atoms. The summed E-state index contributed by atoms with van der Waals surface area (Å²) >= 11 is 0. The van der Waals surface area contributed by atoms with Crippen LogP contribution in [0.5, 0.6) is 0 Å². The fourth-order valence-corrected chi connectivity index (χ4v) is 6.95. The summed E-state index contributed by atoms with van der Waals surface area (Å²) in [7, 11) is -3.52. The number of aromatic nitrogens is 1. The van der Waals surface area contributed by atoms with Gasteiger partial charge in [0.1, 0.15) is 0 Å². The van der Waals surface area contributed by atoms with Crippen molar-refractivity contribution in [3.63, 3.8) is 0 Å². The Morgan fingerprint density at radius 3 is 2.23 bits per heavy atom.